The number of nitrogens with zero attached hydrogens (tertiary/aromatic N) is 1. The van der Waals surface area contributed by atoms with Crippen molar-refractivity contribution in [1.82, 2.24) is 4.90 Å². The zero-order valence-electron chi connectivity index (χ0n) is 11.0. The lowest BCUT2D eigenvalue weighted by atomic mass is 10.2. The number of nitrogens with one attached hydrogen (secondary N) is 2. The monoisotopic (exact) mass is 249 g/mol. The number of hydrogen-bond acceptors (Lipinski definition) is 3. The molecule has 0 heterocycles. The largest absolute Gasteiger partial charge is 0.376 e. The van der Waals surface area contributed by atoms with Crippen molar-refractivity contribution in [3.8, 4) is 0 Å². The number of benzene rings is 1. The molecule has 5 nitrogen and oxygen atoms in total. The van der Waals surface area contributed by atoms with E-state index in [1.54, 1.807) is 27.1 Å². The Morgan fingerprint density at radius 2 is 1.89 bits per heavy atom. The van der Waals surface area contributed by atoms with Crippen molar-refractivity contribution in [2.75, 3.05) is 31.3 Å². The number of rotatable bonds is 5. The summed E-state index contributed by atoms with van der Waals surface area (Å²) in [6.07, 6.45) is 0.441. The summed E-state index contributed by atoms with van der Waals surface area (Å²) in [6.45, 7) is 2.03. The third kappa shape index (κ3) is 4.45. The lowest BCUT2D eigenvalue weighted by Gasteiger charge is -2.12. The lowest BCUT2D eigenvalue weighted by molar-refractivity contribution is -0.126. The van der Waals surface area contributed by atoms with E-state index in [1.165, 1.54) is 4.90 Å². The lowest BCUT2D eigenvalue weighted by Crippen LogP contribution is -2.28. The van der Waals surface area contributed by atoms with Gasteiger partial charge >= 0.3 is 0 Å². The average Bonchev–Trinajstić information content (AvgIpc) is 2.36. The molecule has 0 atom stereocenters. The molecule has 0 spiro atoms. The fourth-order valence-electron chi connectivity index (χ4n) is 1.29. The van der Waals surface area contributed by atoms with Gasteiger partial charge in [-0.3, -0.25) is 9.59 Å². The number of hydrogen-bond donors (Lipinski definition) is 2. The van der Waals surface area contributed by atoms with E-state index in [2.05, 4.69) is 10.6 Å². The normalized spacial score (nSPS) is 9.72. The van der Waals surface area contributed by atoms with E-state index in [4.69, 9.17) is 0 Å². The molecule has 18 heavy (non-hydrogen) atoms. The van der Waals surface area contributed by atoms with Crippen molar-refractivity contribution in [2.45, 2.75) is 13.3 Å². The highest BCUT2D eigenvalue weighted by Gasteiger charge is 2.04. The smallest absolute Gasteiger partial charge is 0.241 e. The summed E-state index contributed by atoms with van der Waals surface area (Å²) in [6, 6.07) is 7.29. The highest BCUT2D eigenvalue weighted by Crippen LogP contribution is 2.15. The van der Waals surface area contributed by atoms with Gasteiger partial charge in [0, 0.05) is 31.9 Å². The van der Waals surface area contributed by atoms with Gasteiger partial charge in [-0.1, -0.05) is 13.0 Å². The molecule has 0 aliphatic carbocycles. The summed E-state index contributed by atoms with van der Waals surface area (Å²) >= 11 is 0. The van der Waals surface area contributed by atoms with Crippen molar-refractivity contribution in [2.24, 2.45) is 0 Å². The average molecular weight is 249 g/mol. The topological polar surface area (TPSA) is 61.4 Å². The summed E-state index contributed by atoms with van der Waals surface area (Å²) in [4.78, 5) is 24.2. The highest BCUT2D eigenvalue weighted by molar-refractivity contribution is 5.91. The van der Waals surface area contributed by atoms with E-state index in [9.17, 15) is 9.59 Å². The summed E-state index contributed by atoms with van der Waals surface area (Å²) < 4.78 is 0. The molecular weight excluding hydrogens is 230 g/mol. The summed E-state index contributed by atoms with van der Waals surface area (Å²) in [5.41, 5.74) is 1.53. The summed E-state index contributed by atoms with van der Waals surface area (Å²) in [7, 11) is 3.42. The second-order valence-electron chi connectivity index (χ2n) is 4.12. The third-order valence-corrected chi connectivity index (χ3v) is 2.41. The Hall–Kier alpha value is -2.04. The predicted octanol–water partition coefficient (Wildman–Crippen LogP) is 1.54. The minimum Gasteiger partial charge on any atom is -0.376 e. The molecule has 0 aliphatic heterocycles. The minimum absolute atomic E-state index is 0.00185. The first-order valence-corrected chi connectivity index (χ1v) is 5.87. The van der Waals surface area contributed by atoms with Gasteiger partial charge in [0.1, 0.15) is 0 Å². The van der Waals surface area contributed by atoms with Crippen LogP contribution in [0.25, 0.3) is 0 Å². The zero-order valence-corrected chi connectivity index (χ0v) is 11.0. The molecule has 0 radical (unpaired) electrons. The second kappa shape index (κ2) is 6.64. The van der Waals surface area contributed by atoms with Crippen molar-refractivity contribution < 1.29 is 9.59 Å². The van der Waals surface area contributed by atoms with Crippen LogP contribution in [0.1, 0.15) is 13.3 Å². The second-order valence-corrected chi connectivity index (χ2v) is 4.12. The van der Waals surface area contributed by atoms with E-state index in [-0.39, 0.29) is 18.4 Å². The van der Waals surface area contributed by atoms with Crippen LogP contribution in [0.3, 0.4) is 0 Å². The fraction of sp³-hybridized carbons (Fsp3) is 0.385. The molecule has 98 valence electrons. The Morgan fingerprint density at radius 3 is 2.50 bits per heavy atom. The van der Waals surface area contributed by atoms with Gasteiger partial charge in [0.15, 0.2) is 0 Å². The van der Waals surface area contributed by atoms with E-state index in [0.717, 1.165) is 11.4 Å². The molecular formula is C13H19N3O2. The number of carbonyl (C=O) groups excluding carboxylic acids is 2. The van der Waals surface area contributed by atoms with Crippen LogP contribution in [0.2, 0.25) is 0 Å². The molecule has 1 rings (SSSR count). The Bertz CT molecular complexity index is 430. The highest BCUT2D eigenvalue weighted by atomic mass is 16.2. The molecule has 2 N–H and O–H groups in total. The molecule has 0 aliphatic rings. The fourth-order valence-corrected chi connectivity index (χ4v) is 1.29. The molecule has 0 saturated carbocycles. The third-order valence-electron chi connectivity index (χ3n) is 2.41. The zero-order chi connectivity index (χ0) is 13.5. The van der Waals surface area contributed by atoms with E-state index in [0.29, 0.717) is 6.42 Å². The van der Waals surface area contributed by atoms with Gasteiger partial charge in [-0.25, -0.2) is 0 Å². The number of likely N-dealkylation sites (N-methyl/N-ethyl adjacent to an activating group) is 1. The van der Waals surface area contributed by atoms with Crippen LogP contribution in [0, 0.1) is 0 Å². The maximum Gasteiger partial charge on any atom is 0.241 e. The van der Waals surface area contributed by atoms with Crippen molar-refractivity contribution in [3.05, 3.63) is 24.3 Å². The molecule has 1 aromatic rings. The van der Waals surface area contributed by atoms with Gasteiger partial charge in [-0.2, -0.15) is 0 Å². The molecule has 0 unspecified atom stereocenters. The molecule has 0 bridgehead atoms. The Labute approximate surface area is 107 Å². The molecule has 0 saturated heterocycles. The van der Waals surface area contributed by atoms with Crippen LogP contribution in [0.5, 0.6) is 0 Å². The van der Waals surface area contributed by atoms with Crippen LogP contribution in [0.4, 0.5) is 11.4 Å². The number of amides is 2. The van der Waals surface area contributed by atoms with Crippen LogP contribution in [-0.4, -0.2) is 37.4 Å². The van der Waals surface area contributed by atoms with Gasteiger partial charge in [0.05, 0.1) is 6.54 Å². The van der Waals surface area contributed by atoms with Gasteiger partial charge < -0.3 is 15.5 Å². The van der Waals surface area contributed by atoms with E-state index >= 15 is 0 Å². The maximum atomic E-state index is 11.4. The molecule has 1 aromatic carbocycles. The molecule has 0 fully saturated rings. The summed E-state index contributed by atoms with van der Waals surface area (Å²) in [5.74, 6) is -0.0329. The van der Waals surface area contributed by atoms with Gasteiger partial charge in [-0.05, 0) is 18.2 Å². The van der Waals surface area contributed by atoms with Crippen molar-refractivity contribution >= 4 is 23.2 Å². The van der Waals surface area contributed by atoms with Crippen molar-refractivity contribution in [1.29, 1.82) is 0 Å². The molecule has 5 heteroatoms. The van der Waals surface area contributed by atoms with E-state index < -0.39 is 0 Å². The van der Waals surface area contributed by atoms with Gasteiger partial charge in [-0.15, -0.1) is 0 Å². The van der Waals surface area contributed by atoms with Crippen LogP contribution in [-0.2, 0) is 9.59 Å². The number of carbonyl (C=O) groups is 2. The Morgan fingerprint density at radius 1 is 1.22 bits per heavy atom. The minimum atomic E-state index is -0.0310. The van der Waals surface area contributed by atoms with Crippen molar-refractivity contribution in [3.63, 3.8) is 0 Å². The first kappa shape index (κ1) is 14.0. The predicted molar refractivity (Wildman–Crippen MR) is 72.5 cm³/mol. The van der Waals surface area contributed by atoms with Crippen LogP contribution >= 0.6 is 0 Å². The Balaban J connectivity index is 2.59. The van der Waals surface area contributed by atoms with Gasteiger partial charge in [0.25, 0.3) is 0 Å². The van der Waals surface area contributed by atoms with Crippen LogP contribution < -0.4 is 10.6 Å². The first-order chi connectivity index (χ1) is 8.52. The van der Waals surface area contributed by atoms with E-state index in [1.807, 2.05) is 18.2 Å². The first-order valence-electron chi connectivity index (χ1n) is 5.87. The molecule has 0 aromatic heterocycles. The quantitative estimate of drug-likeness (QED) is 0.832. The maximum absolute atomic E-state index is 11.4. The Kier molecular flexibility index (Phi) is 5.17. The SMILES string of the molecule is CCC(=O)Nc1cccc(NCC(=O)N(C)C)c1. The number of anilines is 2. The van der Waals surface area contributed by atoms with Crippen LogP contribution in [0.15, 0.2) is 24.3 Å². The van der Waals surface area contributed by atoms with Gasteiger partial charge in [0.2, 0.25) is 11.8 Å². The standard InChI is InChI=1S/C13H19N3O2/c1-4-12(17)15-11-7-5-6-10(8-11)14-9-13(18)16(2)3/h5-8,14H,4,9H2,1-3H3,(H,15,17). The summed E-state index contributed by atoms with van der Waals surface area (Å²) in [5, 5.41) is 5.78. The molecule has 2 amide bonds.